The first-order valence-electron chi connectivity index (χ1n) is 43.1. The van der Waals surface area contributed by atoms with Crippen molar-refractivity contribution in [1.82, 2.24) is 68.1 Å². The van der Waals surface area contributed by atoms with Crippen LogP contribution in [0.25, 0.3) is 0 Å². The standard InChI is InChI=1S/C45H72N10O37P8.C25H34N4O13P2/c1-26-18-53(43(62)47-40(26)59)32-13-29(34(56)15-32)22-83-94(67,68)87-36-16-33(54-19-27(2)41(60)48-44(54)63)14-30(36)23-82-93(65,66)84-24-31-21-52(51-50-31)11-8-9-38(58)46-10-6-4-5-7-12-81-95(69,70)88-97(73,74)90-99(77,78)92-100(79,80)91-98(75,76)89-96(71,72)85-25-37-35(57)17-39(86-37)55-20-28(3)42(61)49-45(55)64;1-4-5-39-43(35,36)40-13-17-7-19(29-11-15(3)23(32)27-25(29)34)9-21(17)42-44(37,38)41-12-16-6-18(8-20(16)30)28-10-14(2)22(31)26-24(28)33/h18-21,29-30,32-37,39,56-57H,4-17,22-25H2,1-3H3,(H,46,58)(H,65,66)(H,67,68)(H,69,70)(H,71,72)(H,73,74)(H,75,76)(H,77,78)(H,79,80)(H,47,59,62)(H,48,60,63)(H,49,61,64);1,10-11,16-21,30H,5-9,12-13H2,2-3H3,(H,35,36)(H,37,38)(H,26,31,33)(H,27,32,34)/p-4/t29-,30-,32-,33-,34?,35?,36?,37+,39+;16-,17-,18-,19-,20?,21?/m11/s1. The number of carbonyl (C=O) groups is 1. The number of carbonyl (C=O) groups excluding carboxylic acids is 1. The van der Waals surface area contributed by atoms with Crippen LogP contribution in [0.4, 0.5) is 0 Å². The van der Waals surface area contributed by atoms with Gasteiger partial charge in [-0.15, -0.1) is 11.5 Å². The Morgan fingerprint density at radius 1 is 0.424 bits per heavy atom. The molecule has 4 saturated carbocycles. The van der Waals surface area contributed by atoms with Crippen molar-refractivity contribution < 1.29 is 186 Å². The largest absolute Gasteiger partial charge is 0.756 e. The lowest BCUT2D eigenvalue weighted by Crippen LogP contribution is -2.33. The lowest BCUT2D eigenvalue weighted by Gasteiger charge is -2.31. The van der Waals surface area contributed by atoms with Gasteiger partial charge >= 0.3 is 75.4 Å². The SMILES string of the molecule is C#CCOP(=O)([O-])OC[C@H]1C[C@@H](n2cc(C)c(=O)[nH]c2=O)CC1OP(=O)([O-])OC[C@H]1C[C@@H](n2cc(C)c(=O)[nH]c2=O)CC1O.Cc1cn([C@H]2CC(O)[C@@H](COP(=O)([O-])OC3C[C@H](n4cc(C)c(=O)[nH]c4=O)C[C@@H]3COP(=O)([O-])OCc3cn(CCCC(=O)NCCCCCCOP(=O)(O)OP(=O)(O)OP(=O)(O)OP(=O)(O)OP(=O)(O)OP(=O)(O)OC[C@@H]4O[C@H](n5cc(C)c(=O)[nH]c5=O)CC4O)nn3)C2)c(=O)[nH]c1=O. The molecule has 0 radical (unpaired) electrons. The molecule has 4 aliphatic carbocycles. The van der Waals surface area contributed by atoms with Crippen LogP contribution < -0.4 is 81.1 Å². The van der Waals surface area contributed by atoms with Crippen molar-refractivity contribution in [2.45, 2.75) is 211 Å². The number of H-pyrrole nitrogens is 5. The Labute approximate surface area is 809 Å². The Kier molecular flexibility index (Phi) is 40.9. The molecule has 5 fully saturated rings. The first kappa shape index (κ1) is 119. The number of hydrogen-bond donors (Lipinski definition) is 15. The molecule has 1 aliphatic heterocycles. The highest BCUT2D eigenvalue weighted by molar-refractivity contribution is 7.72. The van der Waals surface area contributed by atoms with Gasteiger partial charge in [-0.2, -0.15) is 21.6 Å². The molecular formula is C70H102N14O50P10-4. The smallest absolute Gasteiger partial charge is 0.490 e. The minimum Gasteiger partial charge on any atom is -0.756 e. The number of amides is 1. The molecule has 15 N–H and O–H groups in total. The molecule has 6 aromatic rings. The quantitative estimate of drug-likeness (QED) is 0.0121. The molecule has 5 aliphatic rings. The molecule has 0 bridgehead atoms. The Morgan fingerprint density at radius 3 is 1.19 bits per heavy atom. The van der Waals surface area contributed by atoms with E-state index in [1.807, 2.05) is 10.9 Å². The second-order valence-electron chi connectivity index (χ2n) is 33.7. The van der Waals surface area contributed by atoms with Crippen LogP contribution in [0.2, 0.25) is 0 Å². The fourth-order valence-corrected chi connectivity index (χ4v) is 27.1. The predicted octanol–water partition coefficient (Wildman–Crippen LogP) is -1.22. The number of unbranched alkanes of at least 4 members (excludes halogenated alkanes) is 3. The Hall–Kier alpha value is -7.29. The van der Waals surface area contributed by atoms with Crippen LogP contribution in [0.5, 0.6) is 0 Å². The maximum atomic E-state index is 13.3. The van der Waals surface area contributed by atoms with E-state index in [0.29, 0.717) is 18.4 Å². The zero-order chi connectivity index (χ0) is 107. The monoisotopic (exact) mass is 2250 g/mol. The molecular weight excluding hydrogens is 2150 g/mol. The number of phosphoric acid groups is 10. The van der Waals surface area contributed by atoms with Gasteiger partial charge in [0.1, 0.15) is 31.2 Å². The molecule has 6 aromatic heterocycles. The topological polar surface area (TPSA) is 927 Å². The van der Waals surface area contributed by atoms with Crippen LogP contribution in [0.15, 0.2) is 85.1 Å². The number of aliphatic hydroxyl groups excluding tert-OH is 3. The van der Waals surface area contributed by atoms with E-state index in [9.17, 15) is 163 Å². The number of phosphoric ester groups is 6. The second-order valence-corrected chi connectivity index (χ2v) is 48.7. The summed E-state index contributed by atoms with van der Waals surface area (Å²) in [6.07, 6.45) is 4.34. The summed E-state index contributed by atoms with van der Waals surface area (Å²) >= 11 is 0. The molecule has 1 saturated heterocycles. The zero-order valence-corrected chi connectivity index (χ0v) is 85.1. The van der Waals surface area contributed by atoms with Gasteiger partial charge in [0.15, 0.2) is 0 Å². The van der Waals surface area contributed by atoms with Crippen molar-refractivity contribution in [3.8, 4) is 12.3 Å². The molecule has 11 rings (SSSR count). The molecule has 806 valence electrons. The summed E-state index contributed by atoms with van der Waals surface area (Å²) in [6.45, 7) is 2.08. The van der Waals surface area contributed by atoms with E-state index < -0.39 is 284 Å². The average molecular weight is 2250 g/mol. The van der Waals surface area contributed by atoms with Crippen LogP contribution in [0.3, 0.4) is 0 Å². The van der Waals surface area contributed by atoms with Gasteiger partial charge in [-0.1, -0.05) is 24.0 Å². The number of aromatic amines is 5. The van der Waals surface area contributed by atoms with Crippen LogP contribution in [-0.2, 0) is 135 Å². The minimum absolute atomic E-state index is 0.00848. The third kappa shape index (κ3) is 35.4. The maximum Gasteiger partial charge on any atom is 0.490 e. The van der Waals surface area contributed by atoms with Crippen LogP contribution in [0, 0.1) is 70.6 Å². The van der Waals surface area contributed by atoms with Gasteiger partial charge in [-0.25, -0.2) is 51.4 Å². The number of rotatable bonds is 51. The molecule has 64 nitrogen and oxygen atoms in total. The molecule has 74 heteroatoms. The van der Waals surface area contributed by atoms with Crippen molar-refractivity contribution >= 4 is 84.1 Å². The molecule has 7 heterocycles. The van der Waals surface area contributed by atoms with E-state index in [2.05, 4.69) is 70.7 Å². The van der Waals surface area contributed by atoms with E-state index in [4.69, 9.17) is 42.8 Å². The second kappa shape index (κ2) is 49.7. The number of aryl methyl sites for hydroxylation is 6. The first-order chi connectivity index (χ1) is 66.9. The van der Waals surface area contributed by atoms with E-state index in [0.717, 1.165) is 15.3 Å². The van der Waals surface area contributed by atoms with Crippen LogP contribution in [0.1, 0.15) is 160 Å². The number of aliphatic hydroxyl groups is 3. The molecule has 1 amide bonds. The lowest BCUT2D eigenvalue weighted by molar-refractivity contribution is -0.236. The first-order valence-corrected chi connectivity index (χ1v) is 57.9. The number of terminal acetylenes is 1. The van der Waals surface area contributed by atoms with Gasteiger partial charge in [0.2, 0.25) is 5.91 Å². The van der Waals surface area contributed by atoms with Crippen molar-refractivity contribution in [3.05, 3.63) is 175 Å². The predicted molar refractivity (Wildman–Crippen MR) is 474 cm³/mol. The third-order valence-electron chi connectivity index (χ3n) is 22.7. The zero-order valence-electron chi connectivity index (χ0n) is 76.2. The Bertz CT molecular complexity index is 6820. The van der Waals surface area contributed by atoms with E-state index in [-0.39, 0.29) is 125 Å². The summed E-state index contributed by atoms with van der Waals surface area (Å²) in [6, 6.07) is -2.68. The van der Waals surface area contributed by atoms with Gasteiger partial charge in [0, 0.05) is 133 Å². The summed E-state index contributed by atoms with van der Waals surface area (Å²) in [5.74, 6) is -1.87. The van der Waals surface area contributed by atoms with E-state index in [1.165, 1.54) is 84.0 Å². The van der Waals surface area contributed by atoms with Gasteiger partial charge in [0.25, 0.3) is 59.1 Å². The van der Waals surface area contributed by atoms with Gasteiger partial charge in [-0.05, 0) is 105 Å². The van der Waals surface area contributed by atoms with Gasteiger partial charge in [-0.3, -0.25) is 109 Å². The van der Waals surface area contributed by atoms with Gasteiger partial charge in [0.05, 0.1) is 76.4 Å². The van der Waals surface area contributed by atoms with Gasteiger partial charge < -0.3 is 110 Å². The fourth-order valence-electron chi connectivity index (χ4n) is 15.8. The van der Waals surface area contributed by atoms with Crippen molar-refractivity contribution in [3.63, 3.8) is 0 Å². The summed E-state index contributed by atoms with van der Waals surface area (Å²) in [7, 11) is -57.8. The van der Waals surface area contributed by atoms with Crippen molar-refractivity contribution in [2.24, 2.45) is 23.7 Å². The molecule has 25 atom stereocenters. The molecule has 0 spiro atoms. The van der Waals surface area contributed by atoms with Crippen molar-refractivity contribution in [2.75, 3.05) is 52.8 Å². The highest BCUT2D eigenvalue weighted by atomic mass is 31.3. The summed E-state index contributed by atoms with van der Waals surface area (Å²) < 4.78 is 206. The average Bonchev–Trinajstić information content (AvgIpc) is 1.61. The van der Waals surface area contributed by atoms with Crippen LogP contribution >= 0.6 is 78.2 Å². The molecule has 15 unspecified atom stereocenters. The maximum absolute atomic E-state index is 13.3. The highest BCUT2D eigenvalue weighted by Gasteiger charge is 2.52. The lowest BCUT2D eigenvalue weighted by atomic mass is 10.1. The normalized spacial score (nSPS) is 26.5. The number of nitrogens with one attached hydrogen (secondary N) is 6. The summed E-state index contributed by atoms with van der Waals surface area (Å²) in [4.78, 5) is 255. The molecule has 144 heavy (non-hydrogen) atoms. The van der Waals surface area contributed by atoms with Crippen molar-refractivity contribution in [1.29, 1.82) is 0 Å². The van der Waals surface area contributed by atoms with E-state index in [1.54, 1.807) is 0 Å². The number of aromatic nitrogens is 13. The molecule has 0 aromatic carbocycles. The summed E-state index contributed by atoms with van der Waals surface area (Å²) in [5, 5.41) is 41.9. The third-order valence-corrected chi connectivity index (χ3v) is 35.8. The highest BCUT2D eigenvalue weighted by Crippen LogP contribution is 2.75. The number of nitrogens with zero attached hydrogens (tertiary/aromatic N) is 8. The Balaban J connectivity index is 0.000000400. The minimum atomic E-state index is -6.57. The van der Waals surface area contributed by atoms with Crippen LogP contribution in [-0.4, -0.2) is 203 Å². The summed E-state index contributed by atoms with van der Waals surface area (Å²) in [5.41, 5.74) is -6.11. The number of hydrogen-bond acceptors (Lipinski definition) is 46. The number of ether oxygens (including phenoxy) is 1. The fraction of sp³-hybridized carbons (Fsp3) is 0.643. The van der Waals surface area contributed by atoms with E-state index >= 15 is 0 Å². The Morgan fingerprint density at radius 2 is 0.778 bits per heavy atom.